The van der Waals surface area contributed by atoms with Crippen LogP contribution in [-0.2, 0) is 19.1 Å². The predicted molar refractivity (Wildman–Crippen MR) is 114 cm³/mol. The standard InChI is InChI=1S/C20H39N5O5/c1-5-22-7-8-23(6-2)10-12-25(14-13-24(11-9-22)15-19(27)28)16-20(29)30-17-18(26)21(3)4/h5-17H2,1-4H3,(H,27,28). The zero-order valence-corrected chi connectivity index (χ0v) is 19.0. The molecule has 10 nitrogen and oxygen atoms in total. The molecule has 0 aromatic heterocycles. The van der Waals surface area contributed by atoms with Crippen molar-refractivity contribution in [2.24, 2.45) is 0 Å². The van der Waals surface area contributed by atoms with Crippen LogP contribution < -0.4 is 0 Å². The van der Waals surface area contributed by atoms with Gasteiger partial charge < -0.3 is 24.5 Å². The van der Waals surface area contributed by atoms with E-state index in [1.165, 1.54) is 4.90 Å². The third-order valence-electron chi connectivity index (χ3n) is 5.39. The van der Waals surface area contributed by atoms with Crippen molar-refractivity contribution >= 4 is 17.8 Å². The maximum Gasteiger partial charge on any atom is 0.320 e. The van der Waals surface area contributed by atoms with Crippen molar-refractivity contribution in [3.8, 4) is 0 Å². The van der Waals surface area contributed by atoms with Gasteiger partial charge in [0.15, 0.2) is 6.61 Å². The summed E-state index contributed by atoms with van der Waals surface area (Å²) in [6.45, 7) is 11.9. The van der Waals surface area contributed by atoms with Gasteiger partial charge in [-0.2, -0.15) is 0 Å². The Labute approximate surface area is 180 Å². The highest BCUT2D eigenvalue weighted by molar-refractivity contribution is 5.80. The lowest BCUT2D eigenvalue weighted by molar-refractivity contribution is -0.152. The smallest absolute Gasteiger partial charge is 0.320 e. The minimum absolute atomic E-state index is 0.0196. The first-order chi connectivity index (χ1) is 14.2. The van der Waals surface area contributed by atoms with E-state index in [1.54, 1.807) is 14.1 Å². The summed E-state index contributed by atoms with van der Waals surface area (Å²) in [5, 5.41) is 9.24. The summed E-state index contributed by atoms with van der Waals surface area (Å²) in [6, 6.07) is 0. The fourth-order valence-electron chi connectivity index (χ4n) is 3.22. The number of hydrogen-bond acceptors (Lipinski definition) is 8. The molecule has 1 saturated heterocycles. The average molecular weight is 430 g/mol. The van der Waals surface area contributed by atoms with E-state index in [1.807, 2.05) is 9.80 Å². The van der Waals surface area contributed by atoms with Crippen molar-refractivity contribution in [3.05, 3.63) is 0 Å². The average Bonchev–Trinajstić information content (AvgIpc) is 2.69. The number of ether oxygens (including phenoxy) is 1. The summed E-state index contributed by atoms with van der Waals surface area (Å²) in [4.78, 5) is 45.1. The molecule has 30 heavy (non-hydrogen) atoms. The first-order valence-corrected chi connectivity index (χ1v) is 10.7. The van der Waals surface area contributed by atoms with Gasteiger partial charge in [0.2, 0.25) is 0 Å². The maximum atomic E-state index is 12.2. The fraction of sp³-hybridized carbons (Fsp3) is 0.850. The number of carboxylic acids is 1. The predicted octanol–water partition coefficient (Wildman–Crippen LogP) is -1.04. The highest BCUT2D eigenvalue weighted by atomic mass is 16.5. The van der Waals surface area contributed by atoms with Gasteiger partial charge in [0.25, 0.3) is 5.91 Å². The summed E-state index contributed by atoms with van der Waals surface area (Å²) in [6.07, 6.45) is 0. The highest BCUT2D eigenvalue weighted by Gasteiger charge is 2.19. The Balaban J connectivity index is 2.75. The molecule has 0 saturated carbocycles. The highest BCUT2D eigenvalue weighted by Crippen LogP contribution is 2.01. The van der Waals surface area contributed by atoms with Gasteiger partial charge in [-0.3, -0.25) is 24.2 Å². The van der Waals surface area contributed by atoms with E-state index in [4.69, 9.17) is 4.74 Å². The molecule has 0 aromatic rings. The number of esters is 1. The van der Waals surface area contributed by atoms with Gasteiger partial charge in [-0.15, -0.1) is 0 Å². The van der Waals surface area contributed by atoms with Gasteiger partial charge >= 0.3 is 11.9 Å². The van der Waals surface area contributed by atoms with Crippen LogP contribution in [0.25, 0.3) is 0 Å². The Kier molecular flexibility index (Phi) is 12.5. The van der Waals surface area contributed by atoms with Crippen molar-refractivity contribution in [3.63, 3.8) is 0 Å². The summed E-state index contributed by atoms with van der Waals surface area (Å²) in [5.74, 6) is -1.56. The molecule has 10 heteroatoms. The largest absolute Gasteiger partial charge is 0.480 e. The number of nitrogens with zero attached hydrogens (tertiary/aromatic N) is 5. The fourth-order valence-corrected chi connectivity index (χ4v) is 3.22. The number of hydrogen-bond donors (Lipinski definition) is 1. The minimum atomic E-state index is -0.851. The second-order valence-corrected chi connectivity index (χ2v) is 7.76. The molecule has 1 amide bonds. The van der Waals surface area contributed by atoms with Crippen molar-refractivity contribution in [2.45, 2.75) is 13.8 Å². The molecule has 174 valence electrons. The summed E-state index contributed by atoms with van der Waals surface area (Å²) < 4.78 is 5.11. The molecule has 0 atom stereocenters. The molecule has 1 aliphatic heterocycles. The Bertz CT molecular complexity index is 546. The van der Waals surface area contributed by atoms with Crippen molar-refractivity contribution in [1.29, 1.82) is 0 Å². The number of carbonyl (C=O) groups is 3. The number of likely N-dealkylation sites (N-methyl/N-ethyl adjacent to an activating group) is 3. The molecule has 0 aromatic carbocycles. The first kappa shape index (κ1) is 26.3. The van der Waals surface area contributed by atoms with E-state index in [9.17, 15) is 19.5 Å². The van der Waals surface area contributed by atoms with Gasteiger partial charge in [-0.05, 0) is 13.1 Å². The van der Waals surface area contributed by atoms with Crippen molar-refractivity contribution in [2.75, 3.05) is 99.2 Å². The molecular weight excluding hydrogens is 390 g/mol. The summed E-state index contributed by atoms with van der Waals surface area (Å²) in [7, 11) is 3.23. The van der Waals surface area contributed by atoms with Gasteiger partial charge in [0, 0.05) is 66.5 Å². The molecule has 1 aliphatic rings. The molecule has 1 N–H and O–H groups in total. The zero-order valence-electron chi connectivity index (χ0n) is 19.0. The molecule has 0 unspecified atom stereocenters. The van der Waals surface area contributed by atoms with E-state index < -0.39 is 11.9 Å². The third-order valence-corrected chi connectivity index (χ3v) is 5.39. The van der Waals surface area contributed by atoms with Gasteiger partial charge in [0.05, 0.1) is 13.1 Å². The number of rotatable bonds is 8. The number of amides is 1. The van der Waals surface area contributed by atoms with E-state index in [0.29, 0.717) is 26.2 Å². The minimum Gasteiger partial charge on any atom is -0.480 e. The first-order valence-electron chi connectivity index (χ1n) is 10.7. The lowest BCUT2D eigenvalue weighted by Crippen LogP contribution is -2.47. The van der Waals surface area contributed by atoms with Gasteiger partial charge in [0.1, 0.15) is 0 Å². The third kappa shape index (κ3) is 10.9. The molecule has 1 fully saturated rings. The normalized spacial score (nSPS) is 18.9. The molecule has 0 spiro atoms. The Morgan fingerprint density at radius 3 is 1.53 bits per heavy atom. The zero-order chi connectivity index (χ0) is 22.5. The molecule has 1 heterocycles. The quantitative estimate of drug-likeness (QED) is 0.486. The monoisotopic (exact) mass is 429 g/mol. The van der Waals surface area contributed by atoms with E-state index in [0.717, 1.165) is 39.3 Å². The Morgan fingerprint density at radius 1 is 0.767 bits per heavy atom. The number of carbonyl (C=O) groups excluding carboxylic acids is 2. The van der Waals surface area contributed by atoms with Crippen LogP contribution in [0.15, 0.2) is 0 Å². The van der Waals surface area contributed by atoms with Crippen LogP contribution in [-0.4, -0.2) is 147 Å². The van der Waals surface area contributed by atoms with E-state index in [2.05, 4.69) is 23.6 Å². The Morgan fingerprint density at radius 2 is 1.17 bits per heavy atom. The van der Waals surface area contributed by atoms with Crippen LogP contribution >= 0.6 is 0 Å². The Hall–Kier alpha value is -1.75. The summed E-state index contributed by atoms with van der Waals surface area (Å²) >= 11 is 0. The maximum absolute atomic E-state index is 12.2. The molecule has 0 radical (unpaired) electrons. The SMILES string of the molecule is CCN1CCN(CC)CCN(CC(=O)OCC(=O)N(C)C)CCN(CC(=O)O)CC1. The molecule has 0 bridgehead atoms. The van der Waals surface area contributed by atoms with Gasteiger partial charge in [-0.1, -0.05) is 13.8 Å². The molecule has 1 rings (SSSR count). The van der Waals surface area contributed by atoms with Crippen LogP contribution in [0.1, 0.15) is 13.8 Å². The summed E-state index contributed by atoms with van der Waals surface area (Å²) in [5.41, 5.74) is 0. The number of carboxylic acid groups (broad SMARTS) is 1. The van der Waals surface area contributed by atoms with E-state index >= 15 is 0 Å². The van der Waals surface area contributed by atoms with Crippen molar-refractivity contribution < 1.29 is 24.2 Å². The topological polar surface area (TPSA) is 96.9 Å². The second kappa shape index (κ2) is 14.3. The lowest BCUT2D eigenvalue weighted by atomic mass is 10.3. The van der Waals surface area contributed by atoms with Gasteiger partial charge in [-0.25, -0.2) is 0 Å². The second-order valence-electron chi connectivity index (χ2n) is 7.76. The van der Waals surface area contributed by atoms with Crippen LogP contribution in [0.4, 0.5) is 0 Å². The van der Waals surface area contributed by atoms with Crippen LogP contribution in [0, 0.1) is 0 Å². The van der Waals surface area contributed by atoms with Crippen LogP contribution in [0.3, 0.4) is 0 Å². The lowest BCUT2D eigenvalue weighted by Gasteiger charge is -2.33. The number of aliphatic carboxylic acids is 1. The van der Waals surface area contributed by atoms with Crippen molar-refractivity contribution in [1.82, 2.24) is 24.5 Å². The molecular formula is C20H39N5O5. The van der Waals surface area contributed by atoms with Crippen LogP contribution in [0.5, 0.6) is 0 Å². The van der Waals surface area contributed by atoms with Crippen LogP contribution in [0.2, 0.25) is 0 Å². The molecule has 0 aliphatic carbocycles. The van der Waals surface area contributed by atoms with E-state index in [-0.39, 0.29) is 25.6 Å².